The second-order valence-electron chi connectivity index (χ2n) is 35.6. The van der Waals surface area contributed by atoms with E-state index in [2.05, 4.69) is 112 Å². The molecule has 0 radical (unpaired) electrons. The summed E-state index contributed by atoms with van der Waals surface area (Å²) in [5.41, 5.74) is 31.9. The normalized spacial score (nSPS) is 11.2. The standard InChI is InChI=1S/C29H31N3O6.C28H30N2O8S.C27H27N5O5.C27H29N3O5/c1-6-35-29(34)27-26(25-13-21(31-37-25)15-30-19(5)33)28(38-32-27)23-14-22(17(2)3)18(4)12-24(23)36-16-20-10-8-7-9-11-20;1-6-34-28(31)26-25(24-13-20(29-37-24)16-36-39(5,32)33)27(38-30-26)22-14-21(17(2)3)18(4)12-23(22)35-15-19-10-8-7-9-11-19;1-5-34-27(33)25-24(23-12-19(30-36-23)14-29-32-28)26(37-31-25)21-13-20(16(2)3)17(4)11-22(21)35-15-18-9-7-6-8-10-18;1-5-32-27(31)25-24(23-12-19(14-28)29-34-23)26(35-30-25)21-13-20(16(2)3)17(4)11-22(21)33-15-18-9-7-6-8-10-18/h7-14,17H,6,15-16H2,1-5H3,(H,30,33);7-14,17H,6,15-16H2,1-5H3;6-13,16H,5,14-15H2,1-4H3;6-13,16H,5,14-15,28H2,1-4H3. The molecule has 3 N–H and O–H groups in total. The third-order valence-corrected chi connectivity index (χ3v) is 23.7. The van der Waals surface area contributed by atoms with Crippen LogP contribution >= 0.6 is 0 Å². The van der Waals surface area contributed by atoms with Crippen molar-refractivity contribution in [1.29, 1.82) is 0 Å². The highest BCUT2D eigenvalue weighted by Crippen LogP contribution is 2.49. The van der Waals surface area contributed by atoms with Crippen LogP contribution in [0, 0.1) is 27.7 Å². The largest absolute Gasteiger partial charge is 0.488 e. The van der Waals surface area contributed by atoms with Crippen molar-refractivity contribution in [3.8, 4) is 114 Å². The molecule has 1 amide bonds. The molecule has 0 atom stereocenters. The van der Waals surface area contributed by atoms with Gasteiger partial charge in [0.15, 0.2) is 46.1 Å². The number of azide groups is 1. The van der Waals surface area contributed by atoms with Gasteiger partial charge in [0.1, 0.15) is 89.7 Å². The number of carbonyl (C=O) groups excluding carboxylic acids is 5. The minimum Gasteiger partial charge on any atom is -0.488 e. The fourth-order valence-corrected chi connectivity index (χ4v) is 16.4. The second-order valence-corrected chi connectivity index (χ2v) is 37.2. The molecule has 0 aliphatic heterocycles. The highest BCUT2D eigenvalue weighted by molar-refractivity contribution is 7.85. The molecule has 0 aliphatic rings. The number of esters is 4. The van der Waals surface area contributed by atoms with E-state index in [1.165, 1.54) is 13.0 Å². The first kappa shape index (κ1) is 109. The number of aromatic nitrogens is 8. The Labute approximate surface area is 860 Å². The van der Waals surface area contributed by atoms with Crippen molar-refractivity contribution in [1.82, 2.24) is 46.6 Å². The number of nitrogens with zero attached hydrogens (tertiary/aromatic N) is 11. The molecule has 16 rings (SSSR count). The summed E-state index contributed by atoms with van der Waals surface area (Å²) in [6, 6.07) is 61.3. The number of amides is 1. The molecule has 0 saturated heterocycles. The van der Waals surface area contributed by atoms with Crippen LogP contribution in [0.2, 0.25) is 0 Å². The molecule has 37 nitrogen and oxygen atoms in total. The van der Waals surface area contributed by atoms with Crippen LogP contribution in [-0.4, -0.2) is 112 Å². The Morgan fingerprint density at radius 2 is 0.631 bits per heavy atom. The maximum atomic E-state index is 12.8. The van der Waals surface area contributed by atoms with Crippen LogP contribution < -0.4 is 30.0 Å². The number of nitrogens with two attached hydrogens (primary N) is 1. The van der Waals surface area contributed by atoms with Gasteiger partial charge in [-0.1, -0.05) is 223 Å². The van der Waals surface area contributed by atoms with Crippen molar-refractivity contribution in [2.75, 3.05) is 32.7 Å². The van der Waals surface area contributed by atoms with Gasteiger partial charge in [-0.05, 0) is 200 Å². The summed E-state index contributed by atoms with van der Waals surface area (Å²) in [7, 11) is -3.70. The van der Waals surface area contributed by atoms with Crippen molar-refractivity contribution >= 4 is 39.9 Å². The van der Waals surface area contributed by atoms with Crippen LogP contribution in [0.4, 0.5) is 0 Å². The Morgan fingerprint density at radius 3 is 0.886 bits per heavy atom. The summed E-state index contributed by atoms with van der Waals surface area (Å²) in [5.74, 6) is 2.33. The van der Waals surface area contributed by atoms with Gasteiger partial charge >= 0.3 is 23.9 Å². The zero-order chi connectivity index (χ0) is 107. The van der Waals surface area contributed by atoms with Crippen LogP contribution in [0.3, 0.4) is 0 Å². The lowest BCUT2D eigenvalue weighted by molar-refractivity contribution is -0.119. The number of ether oxygens (including phenoxy) is 8. The lowest BCUT2D eigenvalue weighted by Gasteiger charge is -2.17. The molecule has 8 aromatic heterocycles. The molecule has 0 bridgehead atoms. The smallest absolute Gasteiger partial charge is 0.361 e. The predicted molar refractivity (Wildman–Crippen MR) is 550 cm³/mol. The quantitative estimate of drug-likeness (QED) is 0.00899. The Bertz CT molecular complexity index is 7470. The van der Waals surface area contributed by atoms with Crippen molar-refractivity contribution in [2.45, 2.75) is 194 Å². The molecule has 776 valence electrons. The van der Waals surface area contributed by atoms with Crippen LogP contribution in [-0.2, 0) is 90.7 Å². The highest BCUT2D eigenvalue weighted by Gasteiger charge is 2.37. The summed E-state index contributed by atoms with van der Waals surface area (Å²) in [6.45, 7) is 35.1. The summed E-state index contributed by atoms with van der Waals surface area (Å²) in [5, 5.41) is 38.3. The van der Waals surface area contributed by atoms with Gasteiger partial charge in [0.05, 0.1) is 79.4 Å². The Kier molecular flexibility index (Phi) is 37.7. The molecule has 0 unspecified atom stereocenters. The minimum absolute atomic E-state index is 0.00209. The molecule has 149 heavy (non-hydrogen) atoms. The zero-order valence-corrected chi connectivity index (χ0v) is 86.8. The van der Waals surface area contributed by atoms with Crippen LogP contribution in [0.1, 0.15) is 245 Å². The van der Waals surface area contributed by atoms with E-state index in [0.29, 0.717) is 117 Å². The van der Waals surface area contributed by atoms with Crippen molar-refractivity contribution in [3.63, 3.8) is 0 Å². The van der Waals surface area contributed by atoms with E-state index < -0.39 is 34.0 Å². The fraction of sp³-hybridized carbons (Fsp3) is 0.306. The first-order chi connectivity index (χ1) is 71.7. The lowest BCUT2D eigenvalue weighted by atomic mass is 9.93. The Morgan fingerprint density at radius 1 is 0.369 bits per heavy atom. The minimum atomic E-state index is -3.70. The summed E-state index contributed by atoms with van der Waals surface area (Å²) >= 11 is 0. The van der Waals surface area contributed by atoms with Gasteiger partial charge < -0.3 is 85.1 Å². The summed E-state index contributed by atoms with van der Waals surface area (Å²) in [6.07, 6.45) is 0.936. The molecule has 38 heteroatoms. The average Bonchev–Trinajstić information content (AvgIpc) is 1.64. The first-order valence-electron chi connectivity index (χ1n) is 48.3. The molecule has 16 aromatic rings. The summed E-state index contributed by atoms with van der Waals surface area (Å²) in [4.78, 5) is 65.3. The number of benzene rings is 8. The number of aryl methyl sites for hydroxylation is 4. The average molecular weight is 2050 g/mol. The van der Waals surface area contributed by atoms with Crippen LogP contribution in [0.25, 0.3) is 101 Å². The third-order valence-electron chi connectivity index (χ3n) is 23.2. The Hall–Kier alpha value is -16.8. The van der Waals surface area contributed by atoms with Gasteiger partial charge in [0, 0.05) is 42.6 Å². The molecular formula is C111H117N13O24S. The van der Waals surface area contributed by atoms with E-state index in [0.717, 1.165) is 73.0 Å². The van der Waals surface area contributed by atoms with Crippen molar-refractivity contribution < 1.29 is 111 Å². The van der Waals surface area contributed by atoms with Gasteiger partial charge in [-0.25, -0.2) is 19.2 Å². The predicted octanol–water partition coefficient (Wildman–Crippen LogP) is 24.1. The van der Waals surface area contributed by atoms with E-state index in [-0.39, 0.29) is 151 Å². The van der Waals surface area contributed by atoms with Gasteiger partial charge in [-0.3, -0.25) is 8.98 Å². The number of nitrogens with one attached hydrogen (secondary N) is 1. The maximum Gasteiger partial charge on any atom is 0.361 e. The maximum absolute atomic E-state index is 12.8. The molecular weight excluding hydrogens is 1930 g/mol. The van der Waals surface area contributed by atoms with E-state index in [1.54, 1.807) is 45.9 Å². The first-order valence-corrected chi connectivity index (χ1v) is 50.1. The number of rotatable bonds is 40. The van der Waals surface area contributed by atoms with Gasteiger partial charge in [-0.15, -0.1) is 0 Å². The lowest BCUT2D eigenvalue weighted by Crippen LogP contribution is -2.18. The molecule has 0 aliphatic carbocycles. The molecule has 8 heterocycles. The Balaban J connectivity index is 0.000000166. The molecule has 0 spiro atoms. The fourth-order valence-electron chi connectivity index (χ4n) is 16.1. The van der Waals surface area contributed by atoms with Crippen LogP contribution in [0.15, 0.2) is 235 Å². The monoisotopic (exact) mass is 2050 g/mol. The van der Waals surface area contributed by atoms with Crippen molar-refractivity contribution in [3.05, 3.63) is 317 Å². The number of carbonyl (C=O) groups is 5. The van der Waals surface area contributed by atoms with Crippen LogP contribution in [0.5, 0.6) is 23.0 Å². The van der Waals surface area contributed by atoms with Gasteiger partial charge in [0.25, 0.3) is 10.1 Å². The topological polar surface area (TPSA) is 498 Å². The van der Waals surface area contributed by atoms with Crippen molar-refractivity contribution in [2.24, 2.45) is 10.8 Å². The van der Waals surface area contributed by atoms with E-state index in [4.69, 9.17) is 89.5 Å². The summed E-state index contributed by atoms with van der Waals surface area (Å²) < 4.78 is 119. The van der Waals surface area contributed by atoms with Gasteiger partial charge in [0.2, 0.25) is 28.7 Å². The third kappa shape index (κ3) is 27.9. The number of hydrogen-bond donors (Lipinski definition) is 2. The molecule has 0 saturated carbocycles. The van der Waals surface area contributed by atoms with E-state index in [9.17, 15) is 32.4 Å². The van der Waals surface area contributed by atoms with E-state index >= 15 is 0 Å². The SMILES string of the molecule is CCOC(=O)c1noc(-c2cc(C(C)C)c(C)cc2OCc2ccccc2)c1-c1cc(CN)no1.CCOC(=O)c1noc(-c2cc(C(C)C)c(C)cc2OCc2ccccc2)c1-c1cc(CN=[N+]=[N-])no1.CCOC(=O)c1noc(-c2cc(C(C)C)c(C)cc2OCc2ccccc2)c1-c1cc(CNC(C)=O)no1.CCOC(=O)c1noc(-c2cc(C(C)C)c(C)cc2OCc2ccccc2)c1-c1cc(COS(C)(=O)=O)no1. The molecule has 8 aromatic carbocycles. The second kappa shape index (κ2) is 51.3. The van der Waals surface area contributed by atoms with Gasteiger partial charge in [-0.2, -0.15) is 8.42 Å². The zero-order valence-electron chi connectivity index (χ0n) is 86.0. The molecule has 0 fully saturated rings. The highest BCUT2D eigenvalue weighted by atomic mass is 32.2. The number of hydrogen-bond acceptors (Lipinski definition) is 34. The van der Waals surface area contributed by atoms with E-state index in [1.807, 2.05) is 198 Å².